The Morgan fingerprint density at radius 2 is 0.528 bits per heavy atom. The van der Waals surface area contributed by atoms with Gasteiger partial charge in [-0.25, -0.2) is 18.3 Å². The van der Waals surface area contributed by atoms with Gasteiger partial charge in [-0.1, -0.05) is 304 Å². The predicted octanol–water partition coefficient (Wildman–Crippen LogP) is 28.1. The van der Waals surface area contributed by atoms with Crippen LogP contribution in [0, 0.1) is 27.7 Å². The Balaban J connectivity index is 0.000000114. The monoisotopic (exact) mass is 1660 g/mol. The fraction of sp³-hybridized carbons (Fsp3) is 0.252. The van der Waals surface area contributed by atoms with Gasteiger partial charge >= 0.3 is 0 Å². The van der Waals surface area contributed by atoms with E-state index in [0.717, 1.165) is 61.5 Å². The van der Waals surface area contributed by atoms with Gasteiger partial charge in [0, 0.05) is 112 Å². The van der Waals surface area contributed by atoms with E-state index >= 15 is 0 Å². The van der Waals surface area contributed by atoms with E-state index in [1.165, 1.54) is 153 Å². The van der Waals surface area contributed by atoms with Crippen LogP contribution in [-0.2, 0) is 62.6 Å². The standard InChI is InChI=1S/C34H36N.C33H34N.C29H28N.C27H24N/c1-24-12-6-7-13-27(24)32-23-26(18-21-35(32)4)25-16-17-29-31(22-25)34(19-10-5-11-20-34)30-15-9-8-14-28(30)33(29,2)3;1-23-11-5-6-12-26(23)31-22-25(17-20-34(31)4)24-15-16-28-30(21-24)33(18-9-10-19-33)29-14-8-7-13-27(29)32(28,2)3;1-19-9-5-6-10-24(19)29-18-23(15-16-30(29)4)22-13-14-27-20(2)25-11-7-8-12-26(25)21(3)28(27)17-22;1-19-7-3-6-10-26(19)27-18-24(13-14-28(27)2)22-11-12-23-15-20-8-4-5-9-21(20)16-25(23)17-22/h6-9,12-18,21-23H,5,10-11,19-20H2,1-4H3;5-8,11-17,20-22H,9-10,18-19H2,1-4H3;5-18,20-21H,1-4H3;3-14,17-18H,15-16H2,1-2H3/q4*+1/i;;20D,21D;15D2,16D2. The van der Waals surface area contributed by atoms with Crippen molar-refractivity contribution in [1.29, 1.82) is 0 Å². The lowest BCUT2D eigenvalue weighted by molar-refractivity contribution is -0.660. The molecule has 16 aromatic rings. The molecule has 0 amide bonds. The van der Waals surface area contributed by atoms with Gasteiger partial charge in [-0.15, -0.1) is 0 Å². The fourth-order valence-corrected chi connectivity index (χ4v) is 22.2. The van der Waals surface area contributed by atoms with E-state index in [1.807, 2.05) is 81.7 Å². The maximum atomic E-state index is 9.28. The summed E-state index contributed by atoms with van der Waals surface area (Å²) in [5.41, 5.74) is 42.0. The first kappa shape index (κ1) is 76.7. The third kappa shape index (κ3) is 15.3. The van der Waals surface area contributed by atoms with E-state index in [4.69, 9.17) is 6.85 Å². The third-order valence-electron chi connectivity index (χ3n) is 29.5. The molecule has 2 atom stereocenters. The van der Waals surface area contributed by atoms with E-state index in [2.05, 4.69) is 344 Å². The van der Waals surface area contributed by atoms with Crippen LogP contribution >= 0.6 is 0 Å². The van der Waals surface area contributed by atoms with Gasteiger partial charge in [-0.3, -0.25) is 0 Å². The van der Waals surface area contributed by atoms with Crippen molar-refractivity contribution in [3.8, 4) is 89.5 Å². The molecule has 6 aliphatic rings. The summed E-state index contributed by atoms with van der Waals surface area (Å²) in [4.78, 5) is 0. The molecule has 0 radical (unpaired) electrons. The van der Waals surface area contributed by atoms with Gasteiger partial charge < -0.3 is 0 Å². The average molecular weight is 1660 g/mol. The highest BCUT2D eigenvalue weighted by molar-refractivity contribution is 5.78. The van der Waals surface area contributed by atoms with Crippen molar-refractivity contribution >= 4 is 0 Å². The summed E-state index contributed by atoms with van der Waals surface area (Å²) in [6.45, 7) is 22.2. The summed E-state index contributed by atoms with van der Waals surface area (Å²) in [5, 5.41) is 0. The topological polar surface area (TPSA) is 15.5 Å². The molecule has 4 heteroatoms. The number of pyridine rings is 4. The van der Waals surface area contributed by atoms with Crippen molar-refractivity contribution in [1.82, 2.24) is 0 Å². The zero-order chi connectivity index (χ0) is 93.1. The van der Waals surface area contributed by atoms with Crippen LogP contribution in [0.15, 0.2) is 340 Å². The molecule has 12 aromatic carbocycles. The summed E-state index contributed by atoms with van der Waals surface area (Å²) in [6.07, 6.45) is 16.7. The van der Waals surface area contributed by atoms with E-state index in [-0.39, 0.29) is 21.7 Å². The van der Waals surface area contributed by atoms with E-state index < -0.39 is 24.5 Å². The number of fused-ring (bicyclic) bond motifs is 12. The molecule has 4 aromatic heterocycles. The Morgan fingerprint density at radius 1 is 0.252 bits per heavy atom. The van der Waals surface area contributed by atoms with Crippen LogP contribution in [-0.4, -0.2) is 0 Å². The van der Waals surface area contributed by atoms with Gasteiger partial charge in [-0.05, 0) is 258 Å². The number of aromatic nitrogens is 4. The van der Waals surface area contributed by atoms with Gasteiger partial charge in [-0.2, -0.15) is 0 Å². The van der Waals surface area contributed by atoms with Crippen LogP contribution < -0.4 is 18.3 Å². The van der Waals surface area contributed by atoms with Crippen LogP contribution in [0.1, 0.15) is 231 Å². The number of aryl methyl sites for hydroxylation is 8. The SMILES string of the molecule is Cc1ccccc1-c1cc(-c2ccc3c(c2)C2(CCCC2)c2ccccc2C3(C)C)cc[n+]1C.Cc1ccccc1-c1cc(-c2ccc3c(c2)C2(CCCCC2)c2ccccc2C3(C)C)cc[n+]1C.[2H]C1(C)c2ccccc2C([2H])(C)c2cc(-c3cc[n+](C)c(-c4ccccc4C)c3)ccc21.[2H]C1([2H])c2ccccc2C([2H])([2H])c2cc(-c3cc[n+](C)c(-c4ccccc4C)c3)ccc21. The van der Waals surface area contributed by atoms with E-state index in [0.29, 0.717) is 22.3 Å². The molecular weight excluding hydrogens is 1530 g/mol. The Labute approximate surface area is 764 Å². The number of nitrogens with zero attached hydrogens (tertiary/aromatic N) is 4. The first-order chi connectivity index (χ1) is 63.7. The molecule has 2 saturated carbocycles. The second-order valence-corrected chi connectivity index (χ2v) is 37.8. The maximum Gasteiger partial charge on any atom is 0.213 e. The van der Waals surface area contributed by atoms with Gasteiger partial charge in [0.2, 0.25) is 22.8 Å². The Hall–Kier alpha value is -12.8. The molecule has 4 heterocycles. The third-order valence-corrected chi connectivity index (χ3v) is 29.5. The zero-order valence-corrected chi connectivity index (χ0v) is 76.5. The lowest BCUT2D eigenvalue weighted by Gasteiger charge is -2.49. The highest BCUT2D eigenvalue weighted by Gasteiger charge is 2.50. The minimum atomic E-state index is -1.77. The first-order valence-corrected chi connectivity index (χ1v) is 46.0. The lowest BCUT2D eigenvalue weighted by Crippen LogP contribution is -2.41. The molecule has 4 nitrogen and oxygen atoms in total. The van der Waals surface area contributed by atoms with Gasteiger partial charge in [0.1, 0.15) is 28.2 Å². The molecule has 0 bridgehead atoms. The lowest BCUT2D eigenvalue weighted by atomic mass is 9.54. The Bertz CT molecular complexity index is 7040. The molecule has 22 rings (SSSR count). The number of rotatable bonds is 8. The molecule has 2 spiro atoms. The molecule has 0 aliphatic heterocycles. The minimum absolute atomic E-state index is 0.0165. The van der Waals surface area contributed by atoms with Crippen LogP contribution in [0.3, 0.4) is 0 Å². The molecule has 6 aliphatic carbocycles. The summed E-state index contributed by atoms with van der Waals surface area (Å²) in [5.74, 6) is -1.78. The molecule has 630 valence electrons. The second kappa shape index (κ2) is 34.2. The fourth-order valence-electron chi connectivity index (χ4n) is 22.2. The van der Waals surface area contributed by atoms with Crippen LogP contribution in [0.4, 0.5) is 0 Å². The van der Waals surface area contributed by atoms with E-state index in [1.54, 1.807) is 52.6 Å². The quantitative estimate of drug-likeness (QED) is 0.135. The maximum absolute atomic E-state index is 9.28. The van der Waals surface area contributed by atoms with Crippen LogP contribution in [0.2, 0.25) is 0 Å². The minimum Gasteiger partial charge on any atom is -0.201 e. The van der Waals surface area contributed by atoms with Crippen molar-refractivity contribution in [2.45, 2.75) is 173 Å². The van der Waals surface area contributed by atoms with Crippen molar-refractivity contribution in [2.24, 2.45) is 28.2 Å². The number of hydrogen-bond acceptors (Lipinski definition) is 0. The molecule has 127 heavy (non-hydrogen) atoms. The molecular formula is C123H122N4+4. The summed E-state index contributed by atoms with van der Waals surface area (Å²) in [7, 11) is 8.38. The Morgan fingerprint density at radius 3 is 0.921 bits per heavy atom. The Kier molecular flexibility index (Phi) is 20.6. The highest BCUT2D eigenvalue weighted by Crippen LogP contribution is 2.59. The highest BCUT2D eigenvalue weighted by atomic mass is 14.9. The number of benzene rings is 12. The molecule has 2 unspecified atom stereocenters. The summed E-state index contributed by atoms with van der Waals surface area (Å²) in [6, 6.07) is 112. The molecule has 2 fully saturated rings. The average Bonchev–Trinajstić information content (AvgIpc) is 1.70. The van der Waals surface area contributed by atoms with Gasteiger partial charge in [0.15, 0.2) is 24.8 Å². The first-order valence-electron chi connectivity index (χ1n) is 49.0. The van der Waals surface area contributed by atoms with Crippen LogP contribution in [0.5, 0.6) is 0 Å². The zero-order valence-electron chi connectivity index (χ0n) is 82.5. The van der Waals surface area contributed by atoms with Crippen molar-refractivity contribution < 1.29 is 26.5 Å². The van der Waals surface area contributed by atoms with Crippen LogP contribution in [0.25, 0.3) is 89.5 Å². The molecule has 0 N–H and O–H groups in total. The normalized spacial score (nSPS) is 19.0. The smallest absolute Gasteiger partial charge is 0.201 e. The van der Waals surface area contributed by atoms with E-state index in [9.17, 15) is 1.37 Å². The largest absolute Gasteiger partial charge is 0.213 e. The summed E-state index contributed by atoms with van der Waals surface area (Å²) >= 11 is 0. The van der Waals surface area contributed by atoms with Gasteiger partial charge in [0.25, 0.3) is 0 Å². The van der Waals surface area contributed by atoms with Crippen molar-refractivity contribution in [3.63, 3.8) is 0 Å². The van der Waals surface area contributed by atoms with Crippen molar-refractivity contribution in [3.05, 3.63) is 452 Å². The van der Waals surface area contributed by atoms with Gasteiger partial charge in [0.05, 0.1) is 0 Å². The number of hydrogen-bond donors (Lipinski definition) is 0. The molecule has 0 saturated heterocycles. The summed E-state index contributed by atoms with van der Waals surface area (Å²) < 4.78 is 62.3. The van der Waals surface area contributed by atoms with Crippen molar-refractivity contribution in [2.75, 3.05) is 0 Å². The second-order valence-electron chi connectivity index (χ2n) is 37.8. The predicted molar refractivity (Wildman–Crippen MR) is 527 cm³/mol.